The minimum atomic E-state index is 0.808. The fourth-order valence-electron chi connectivity index (χ4n) is 1.32. The fourth-order valence-corrected chi connectivity index (χ4v) is 1.68. The van der Waals surface area contributed by atoms with Crippen molar-refractivity contribution in [2.24, 2.45) is 0 Å². The van der Waals surface area contributed by atoms with Gasteiger partial charge >= 0.3 is 0 Å². The molecule has 3 nitrogen and oxygen atoms in total. The van der Waals surface area contributed by atoms with E-state index in [2.05, 4.69) is 62.4 Å². The van der Waals surface area contributed by atoms with Gasteiger partial charge in [-0.1, -0.05) is 0 Å². The molecule has 0 saturated heterocycles. The number of rotatable bonds is 3. The minimum absolute atomic E-state index is 0.808. The number of aryl methyl sites for hydroxylation is 1. The molecule has 1 aromatic carbocycles. The van der Waals surface area contributed by atoms with Gasteiger partial charge in [-0.2, -0.15) is 5.10 Å². The van der Waals surface area contributed by atoms with Gasteiger partial charge in [0.2, 0.25) is 0 Å². The summed E-state index contributed by atoms with van der Waals surface area (Å²) >= 11 is 2.30. The second-order valence-corrected chi connectivity index (χ2v) is 4.63. The van der Waals surface area contributed by atoms with E-state index in [1.807, 2.05) is 13.1 Å². The van der Waals surface area contributed by atoms with Crippen LogP contribution in [0.15, 0.2) is 30.5 Å². The zero-order chi connectivity index (χ0) is 10.7. The summed E-state index contributed by atoms with van der Waals surface area (Å²) < 4.78 is 1.25. The Balaban J connectivity index is 1.99. The number of nitrogens with zero attached hydrogens (tertiary/aromatic N) is 1. The van der Waals surface area contributed by atoms with Gasteiger partial charge in [-0.25, -0.2) is 0 Å². The maximum absolute atomic E-state index is 3.98. The molecule has 0 aliphatic rings. The smallest absolute Gasteiger partial charge is 0.0539 e. The number of halogens is 1. The van der Waals surface area contributed by atoms with Crippen LogP contribution < -0.4 is 5.32 Å². The van der Waals surface area contributed by atoms with Crippen LogP contribution in [0.1, 0.15) is 11.3 Å². The number of anilines is 1. The van der Waals surface area contributed by atoms with E-state index in [-0.39, 0.29) is 0 Å². The molecule has 0 unspecified atom stereocenters. The van der Waals surface area contributed by atoms with E-state index in [1.54, 1.807) is 0 Å². The van der Waals surface area contributed by atoms with Crippen LogP contribution in [0.2, 0.25) is 0 Å². The second-order valence-electron chi connectivity index (χ2n) is 3.38. The Morgan fingerprint density at radius 1 is 1.33 bits per heavy atom. The van der Waals surface area contributed by atoms with Gasteiger partial charge < -0.3 is 5.32 Å². The maximum Gasteiger partial charge on any atom is 0.0539 e. The SMILES string of the molecule is Cc1[nH]ncc1CNc1ccc(I)cc1. The molecule has 15 heavy (non-hydrogen) atoms. The predicted molar refractivity (Wildman–Crippen MR) is 69.8 cm³/mol. The summed E-state index contributed by atoms with van der Waals surface area (Å²) in [5.74, 6) is 0. The van der Waals surface area contributed by atoms with Crippen molar-refractivity contribution in [2.75, 3.05) is 5.32 Å². The summed E-state index contributed by atoms with van der Waals surface area (Å²) in [4.78, 5) is 0. The highest BCUT2D eigenvalue weighted by Gasteiger charge is 1.99. The Labute approximate surface area is 102 Å². The van der Waals surface area contributed by atoms with Gasteiger partial charge in [0.1, 0.15) is 0 Å². The molecule has 2 rings (SSSR count). The molecule has 0 saturated carbocycles. The summed E-state index contributed by atoms with van der Waals surface area (Å²) in [7, 11) is 0. The largest absolute Gasteiger partial charge is 0.381 e. The average Bonchev–Trinajstić information content (AvgIpc) is 2.63. The zero-order valence-corrected chi connectivity index (χ0v) is 10.6. The molecule has 78 valence electrons. The first-order valence-electron chi connectivity index (χ1n) is 4.74. The lowest BCUT2D eigenvalue weighted by atomic mass is 10.2. The number of nitrogens with one attached hydrogen (secondary N) is 2. The third kappa shape index (κ3) is 2.71. The quantitative estimate of drug-likeness (QED) is 0.856. The number of aromatic nitrogens is 2. The normalized spacial score (nSPS) is 10.3. The lowest BCUT2D eigenvalue weighted by Gasteiger charge is -2.05. The summed E-state index contributed by atoms with van der Waals surface area (Å²) in [6, 6.07) is 8.34. The molecule has 0 spiro atoms. The van der Waals surface area contributed by atoms with E-state index in [4.69, 9.17) is 0 Å². The molecular formula is C11H12IN3. The van der Waals surface area contributed by atoms with Gasteiger partial charge in [-0.05, 0) is 53.8 Å². The van der Waals surface area contributed by atoms with Gasteiger partial charge in [0.05, 0.1) is 6.20 Å². The van der Waals surface area contributed by atoms with Crippen LogP contribution in [0, 0.1) is 10.5 Å². The van der Waals surface area contributed by atoms with Gasteiger partial charge in [0.25, 0.3) is 0 Å². The van der Waals surface area contributed by atoms with E-state index in [9.17, 15) is 0 Å². The predicted octanol–water partition coefficient (Wildman–Crippen LogP) is 2.93. The molecule has 4 heteroatoms. The maximum atomic E-state index is 3.98. The summed E-state index contributed by atoms with van der Waals surface area (Å²) in [5, 5.41) is 10.3. The molecule has 1 aromatic heterocycles. The summed E-state index contributed by atoms with van der Waals surface area (Å²) in [5.41, 5.74) is 3.46. The Kier molecular flexibility index (Phi) is 3.25. The van der Waals surface area contributed by atoms with Crippen molar-refractivity contribution < 1.29 is 0 Å². The van der Waals surface area contributed by atoms with Gasteiger partial charge in [-0.15, -0.1) is 0 Å². The van der Waals surface area contributed by atoms with Gasteiger partial charge in [0, 0.05) is 27.1 Å². The third-order valence-corrected chi connectivity index (χ3v) is 2.98. The van der Waals surface area contributed by atoms with Crippen LogP contribution in [0.3, 0.4) is 0 Å². The molecule has 2 N–H and O–H groups in total. The van der Waals surface area contributed by atoms with E-state index in [0.717, 1.165) is 17.9 Å². The van der Waals surface area contributed by atoms with Crippen molar-refractivity contribution in [3.8, 4) is 0 Å². The lowest BCUT2D eigenvalue weighted by Crippen LogP contribution is -1.99. The average molecular weight is 313 g/mol. The first-order chi connectivity index (χ1) is 7.25. The Morgan fingerprint density at radius 3 is 2.67 bits per heavy atom. The molecule has 0 aliphatic heterocycles. The monoisotopic (exact) mass is 313 g/mol. The van der Waals surface area contributed by atoms with Crippen molar-refractivity contribution in [3.05, 3.63) is 45.3 Å². The molecule has 0 fully saturated rings. The Bertz CT molecular complexity index is 433. The van der Waals surface area contributed by atoms with Crippen molar-refractivity contribution in [1.29, 1.82) is 0 Å². The van der Waals surface area contributed by atoms with Crippen LogP contribution in [0.4, 0.5) is 5.69 Å². The van der Waals surface area contributed by atoms with Crippen molar-refractivity contribution in [1.82, 2.24) is 10.2 Å². The molecule has 0 aliphatic carbocycles. The molecule has 1 heterocycles. The van der Waals surface area contributed by atoms with Crippen molar-refractivity contribution in [2.45, 2.75) is 13.5 Å². The summed E-state index contributed by atoms with van der Waals surface area (Å²) in [6.07, 6.45) is 1.86. The van der Waals surface area contributed by atoms with Gasteiger partial charge in [-0.3, -0.25) is 5.10 Å². The Hall–Kier alpha value is -1.04. The first kappa shape index (κ1) is 10.5. The van der Waals surface area contributed by atoms with Crippen molar-refractivity contribution >= 4 is 28.3 Å². The zero-order valence-electron chi connectivity index (χ0n) is 8.42. The van der Waals surface area contributed by atoms with Crippen LogP contribution in [0.25, 0.3) is 0 Å². The van der Waals surface area contributed by atoms with Gasteiger partial charge in [0.15, 0.2) is 0 Å². The van der Waals surface area contributed by atoms with E-state index in [0.29, 0.717) is 0 Å². The van der Waals surface area contributed by atoms with Crippen LogP contribution in [-0.2, 0) is 6.54 Å². The third-order valence-electron chi connectivity index (χ3n) is 2.26. The Morgan fingerprint density at radius 2 is 2.07 bits per heavy atom. The van der Waals surface area contributed by atoms with E-state index >= 15 is 0 Å². The highest BCUT2D eigenvalue weighted by molar-refractivity contribution is 14.1. The number of aromatic amines is 1. The number of H-pyrrole nitrogens is 1. The lowest BCUT2D eigenvalue weighted by molar-refractivity contribution is 1.04. The van der Waals surface area contributed by atoms with E-state index < -0.39 is 0 Å². The number of benzene rings is 1. The second kappa shape index (κ2) is 4.65. The topological polar surface area (TPSA) is 40.7 Å². The molecule has 0 radical (unpaired) electrons. The molecular weight excluding hydrogens is 301 g/mol. The number of hydrogen-bond acceptors (Lipinski definition) is 2. The molecule has 0 bridgehead atoms. The fraction of sp³-hybridized carbons (Fsp3) is 0.182. The van der Waals surface area contributed by atoms with E-state index in [1.165, 1.54) is 9.13 Å². The summed E-state index contributed by atoms with van der Waals surface area (Å²) in [6.45, 7) is 2.83. The van der Waals surface area contributed by atoms with Crippen LogP contribution in [0.5, 0.6) is 0 Å². The van der Waals surface area contributed by atoms with Crippen molar-refractivity contribution in [3.63, 3.8) is 0 Å². The molecule has 0 amide bonds. The first-order valence-corrected chi connectivity index (χ1v) is 5.82. The molecule has 0 atom stereocenters. The van der Waals surface area contributed by atoms with Crippen LogP contribution in [-0.4, -0.2) is 10.2 Å². The standard InChI is InChI=1S/C11H12IN3/c1-8-9(7-14-15-8)6-13-11-4-2-10(12)3-5-11/h2-5,7,13H,6H2,1H3,(H,14,15). The highest BCUT2D eigenvalue weighted by Crippen LogP contribution is 2.13. The number of hydrogen-bond donors (Lipinski definition) is 2. The minimum Gasteiger partial charge on any atom is -0.381 e. The van der Waals surface area contributed by atoms with Crippen LogP contribution >= 0.6 is 22.6 Å². The highest BCUT2D eigenvalue weighted by atomic mass is 127. The molecule has 2 aromatic rings.